The average Bonchev–Trinajstić information content (AvgIpc) is 2.38. The van der Waals surface area contributed by atoms with E-state index >= 15 is 0 Å². The van der Waals surface area contributed by atoms with Crippen molar-refractivity contribution in [2.75, 3.05) is 18.0 Å². The number of carbonyl (C=O) groups excluding carboxylic acids is 1. The molecule has 0 amide bonds. The zero-order chi connectivity index (χ0) is 14.0. The Morgan fingerprint density at radius 2 is 1.89 bits per heavy atom. The summed E-state index contributed by atoms with van der Waals surface area (Å²) in [5.41, 5.74) is 2.36. The molecule has 0 bridgehead atoms. The Morgan fingerprint density at radius 1 is 1.26 bits per heavy atom. The van der Waals surface area contributed by atoms with Crippen LogP contribution < -0.4 is 4.90 Å². The van der Waals surface area contributed by atoms with Gasteiger partial charge in [0, 0.05) is 24.3 Å². The van der Waals surface area contributed by atoms with Crippen molar-refractivity contribution in [3.8, 4) is 0 Å². The van der Waals surface area contributed by atoms with Crippen molar-refractivity contribution >= 4 is 12.0 Å². The first-order chi connectivity index (χ1) is 8.91. The summed E-state index contributed by atoms with van der Waals surface area (Å²) in [6.07, 6.45) is -3.02. The van der Waals surface area contributed by atoms with Crippen LogP contribution in [0.15, 0.2) is 18.2 Å². The molecule has 1 aromatic rings. The van der Waals surface area contributed by atoms with Gasteiger partial charge in [0.05, 0.1) is 5.92 Å². The second kappa shape index (κ2) is 5.23. The first-order valence-electron chi connectivity index (χ1n) is 6.29. The third kappa shape index (κ3) is 3.08. The highest BCUT2D eigenvalue weighted by molar-refractivity contribution is 5.78. The summed E-state index contributed by atoms with van der Waals surface area (Å²) in [6.45, 7) is 2.64. The Kier molecular flexibility index (Phi) is 3.83. The quantitative estimate of drug-likeness (QED) is 0.766. The van der Waals surface area contributed by atoms with Gasteiger partial charge in [0.2, 0.25) is 0 Å². The topological polar surface area (TPSA) is 20.3 Å². The molecule has 5 heteroatoms. The van der Waals surface area contributed by atoms with E-state index in [1.54, 1.807) is 12.1 Å². The molecule has 2 rings (SSSR count). The molecule has 0 atom stereocenters. The van der Waals surface area contributed by atoms with Crippen molar-refractivity contribution in [2.24, 2.45) is 5.92 Å². The number of carbonyl (C=O) groups is 1. The van der Waals surface area contributed by atoms with Gasteiger partial charge in [-0.3, -0.25) is 4.79 Å². The summed E-state index contributed by atoms with van der Waals surface area (Å²) in [4.78, 5) is 12.7. The monoisotopic (exact) mass is 271 g/mol. The number of piperidine rings is 1. The number of halogens is 3. The zero-order valence-electron chi connectivity index (χ0n) is 10.7. The second-order valence-corrected chi connectivity index (χ2v) is 4.96. The molecule has 0 unspecified atom stereocenters. The standard InChI is InChI=1S/C14H16F3NO/c1-10-8-13(3-2-11(10)9-19)18-6-4-12(5-7-18)14(15,16)17/h2-3,8-9,12H,4-7H2,1H3. The van der Waals surface area contributed by atoms with Crippen molar-refractivity contribution in [1.29, 1.82) is 0 Å². The molecule has 1 aromatic carbocycles. The molecule has 0 spiro atoms. The molecule has 1 saturated heterocycles. The first-order valence-corrected chi connectivity index (χ1v) is 6.29. The minimum atomic E-state index is -4.08. The van der Waals surface area contributed by atoms with Gasteiger partial charge >= 0.3 is 6.18 Å². The molecule has 0 N–H and O–H groups in total. The molecule has 1 fully saturated rings. The Morgan fingerprint density at radius 3 is 2.37 bits per heavy atom. The third-order valence-electron chi connectivity index (χ3n) is 3.70. The number of aldehydes is 1. The smallest absolute Gasteiger partial charge is 0.371 e. The zero-order valence-corrected chi connectivity index (χ0v) is 10.7. The summed E-state index contributed by atoms with van der Waals surface area (Å²) in [5, 5.41) is 0. The van der Waals surface area contributed by atoms with E-state index in [1.165, 1.54) is 0 Å². The number of rotatable bonds is 2. The lowest BCUT2D eigenvalue weighted by atomic mass is 9.95. The summed E-state index contributed by atoms with van der Waals surface area (Å²) < 4.78 is 37.7. The molecule has 2 nitrogen and oxygen atoms in total. The molecule has 0 aromatic heterocycles. The first kappa shape index (κ1) is 13.9. The van der Waals surface area contributed by atoms with E-state index in [4.69, 9.17) is 0 Å². The van der Waals surface area contributed by atoms with Crippen LogP contribution in [0.3, 0.4) is 0 Å². The predicted octanol–water partition coefficient (Wildman–Crippen LogP) is 3.59. The van der Waals surface area contributed by atoms with E-state index in [-0.39, 0.29) is 12.8 Å². The van der Waals surface area contributed by atoms with Crippen LogP contribution in [0.2, 0.25) is 0 Å². The van der Waals surface area contributed by atoms with Crippen LogP contribution in [0.25, 0.3) is 0 Å². The van der Waals surface area contributed by atoms with Crippen LogP contribution >= 0.6 is 0 Å². The van der Waals surface area contributed by atoms with E-state index in [0.717, 1.165) is 17.5 Å². The summed E-state index contributed by atoms with van der Waals surface area (Å²) in [7, 11) is 0. The van der Waals surface area contributed by atoms with Crippen molar-refractivity contribution in [1.82, 2.24) is 0 Å². The van der Waals surface area contributed by atoms with E-state index in [2.05, 4.69) is 0 Å². The summed E-state index contributed by atoms with van der Waals surface area (Å²) in [5.74, 6) is -1.18. The molecule has 1 aliphatic heterocycles. The Labute approximate surface area is 110 Å². The number of nitrogens with zero attached hydrogens (tertiary/aromatic N) is 1. The van der Waals surface area contributed by atoms with Crippen molar-refractivity contribution in [3.05, 3.63) is 29.3 Å². The number of hydrogen-bond acceptors (Lipinski definition) is 2. The maximum absolute atomic E-state index is 12.6. The van der Waals surface area contributed by atoms with Gasteiger partial charge in [0.1, 0.15) is 6.29 Å². The van der Waals surface area contributed by atoms with E-state index in [1.807, 2.05) is 17.9 Å². The number of anilines is 1. The van der Waals surface area contributed by atoms with Crippen LogP contribution in [-0.2, 0) is 0 Å². The van der Waals surface area contributed by atoms with E-state index in [9.17, 15) is 18.0 Å². The average molecular weight is 271 g/mol. The van der Waals surface area contributed by atoms with Crippen LogP contribution in [0.4, 0.5) is 18.9 Å². The fourth-order valence-corrected chi connectivity index (χ4v) is 2.45. The van der Waals surface area contributed by atoms with Gasteiger partial charge in [-0.1, -0.05) is 0 Å². The van der Waals surface area contributed by atoms with Crippen LogP contribution in [0, 0.1) is 12.8 Å². The minimum absolute atomic E-state index is 0.137. The summed E-state index contributed by atoms with van der Waals surface area (Å²) >= 11 is 0. The lowest BCUT2D eigenvalue weighted by Gasteiger charge is -2.34. The normalized spacial score (nSPS) is 17.6. The molecule has 1 heterocycles. The highest BCUT2D eigenvalue weighted by Gasteiger charge is 2.41. The molecule has 19 heavy (non-hydrogen) atoms. The predicted molar refractivity (Wildman–Crippen MR) is 67.6 cm³/mol. The second-order valence-electron chi connectivity index (χ2n) is 4.96. The van der Waals surface area contributed by atoms with Gasteiger partial charge in [0.15, 0.2) is 0 Å². The molecule has 1 aliphatic rings. The molecule has 0 saturated carbocycles. The summed E-state index contributed by atoms with van der Waals surface area (Å²) in [6, 6.07) is 5.37. The lowest BCUT2D eigenvalue weighted by molar-refractivity contribution is -0.179. The van der Waals surface area contributed by atoms with Gasteiger partial charge in [-0.2, -0.15) is 13.2 Å². The number of alkyl halides is 3. The van der Waals surface area contributed by atoms with Crippen molar-refractivity contribution < 1.29 is 18.0 Å². The van der Waals surface area contributed by atoms with Gasteiger partial charge in [-0.05, 0) is 43.5 Å². The fourth-order valence-electron chi connectivity index (χ4n) is 2.45. The SMILES string of the molecule is Cc1cc(N2CCC(C(F)(F)F)CC2)ccc1C=O. The number of hydrogen-bond donors (Lipinski definition) is 0. The number of benzene rings is 1. The maximum Gasteiger partial charge on any atom is 0.391 e. The van der Waals surface area contributed by atoms with Gasteiger partial charge in [0.25, 0.3) is 0 Å². The fraction of sp³-hybridized carbons (Fsp3) is 0.500. The lowest BCUT2D eigenvalue weighted by Crippen LogP contribution is -2.39. The van der Waals surface area contributed by atoms with E-state index < -0.39 is 12.1 Å². The maximum atomic E-state index is 12.6. The Hall–Kier alpha value is -1.52. The van der Waals surface area contributed by atoms with Crippen LogP contribution in [0.1, 0.15) is 28.8 Å². The largest absolute Gasteiger partial charge is 0.391 e. The van der Waals surface area contributed by atoms with Gasteiger partial charge in [-0.25, -0.2) is 0 Å². The van der Waals surface area contributed by atoms with Crippen molar-refractivity contribution in [3.63, 3.8) is 0 Å². The highest BCUT2D eigenvalue weighted by Crippen LogP contribution is 2.35. The molecular formula is C14H16F3NO. The molecule has 0 aliphatic carbocycles. The van der Waals surface area contributed by atoms with Crippen LogP contribution in [-0.4, -0.2) is 25.6 Å². The Bertz CT molecular complexity index is 462. The third-order valence-corrected chi connectivity index (χ3v) is 3.70. The van der Waals surface area contributed by atoms with E-state index in [0.29, 0.717) is 18.7 Å². The molecule has 104 valence electrons. The number of aryl methyl sites for hydroxylation is 1. The highest BCUT2D eigenvalue weighted by atomic mass is 19.4. The molecule has 0 radical (unpaired) electrons. The van der Waals surface area contributed by atoms with Gasteiger partial charge < -0.3 is 4.90 Å². The molecular weight excluding hydrogens is 255 g/mol. The minimum Gasteiger partial charge on any atom is -0.371 e. The van der Waals surface area contributed by atoms with Crippen LogP contribution in [0.5, 0.6) is 0 Å². The Balaban J connectivity index is 2.06. The van der Waals surface area contributed by atoms with Crippen molar-refractivity contribution in [2.45, 2.75) is 25.9 Å². The van der Waals surface area contributed by atoms with Gasteiger partial charge in [-0.15, -0.1) is 0 Å².